The lowest BCUT2D eigenvalue weighted by Gasteiger charge is -2.34. The van der Waals surface area contributed by atoms with Gasteiger partial charge in [0.1, 0.15) is 31.9 Å². The molecule has 0 amide bonds. The molecule has 0 aliphatic carbocycles. The predicted octanol–water partition coefficient (Wildman–Crippen LogP) is 2.43. The second kappa shape index (κ2) is 9.62. The Bertz CT molecular complexity index is 463. The summed E-state index contributed by atoms with van der Waals surface area (Å²) in [5.41, 5.74) is 0.937. The summed E-state index contributed by atoms with van der Waals surface area (Å²) >= 11 is 0. The third kappa shape index (κ3) is 5.28. The fourth-order valence-corrected chi connectivity index (χ4v) is 2.67. The highest BCUT2D eigenvalue weighted by atomic mass is 16.7. The molecule has 1 aliphatic heterocycles. The van der Waals surface area contributed by atoms with Crippen LogP contribution in [0.3, 0.4) is 0 Å². The van der Waals surface area contributed by atoms with Gasteiger partial charge in [-0.05, 0) is 18.4 Å². The molecule has 0 unspecified atom stereocenters. The number of hydrogen-bond donors (Lipinski definition) is 0. The van der Waals surface area contributed by atoms with E-state index in [1.54, 1.807) is 14.2 Å². The molecule has 1 aromatic carbocycles. The van der Waals surface area contributed by atoms with E-state index in [1.807, 2.05) is 30.3 Å². The van der Waals surface area contributed by atoms with Crippen molar-refractivity contribution in [1.29, 1.82) is 0 Å². The maximum atomic E-state index is 11.7. The molecule has 0 N–H and O–H groups in total. The molecule has 1 aliphatic rings. The van der Waals surface area contributed by atoms with Crippen LogP contribution in [0.2, 0.25) is 0 Å². The van der Waals surface area contributed by atoms with E-state index in [9.17, 15) is 4.79 Å². The van der Waals surface area contributed by atoms with Crippen LogP contribution in [0.1, 0.15) is 30.9 Å². The fraction of sp³-hybridized carbons (Fsp3) is 0.588. The fourth-order valence-electron chi connectivity index (χ4n) is 2.67. The number of esters is 1. The molecule has 0 spiro atoms. The molecule has 1 fully saturated rings. The van der Waals surface area contributed by atoms with Gasteiger partial charge in [0.2, 0.25) is 0 Å². The van der Waals surface area contributed by atoms with Crippen LogP contribution in [0, 0.1) is 0 Å². The van der Waals surface area contributed by atoms with Crippen molar-refractivity contribution in [3.8, 4) is 0 Å². The highest BCUT2D eigenvalue weighted by Crippen LogP contribution is 2.31. The molecular formula is C17H24O6. The van der Waals surface area contributed by atoms with E-state index < -0.39 is 12.2 Å². The van der Waals surface area contributed by atoms with E-state index >= 15 is 0 Å². The first-order valence-corrected chi connectivity index (χ1v) is 7.71. The van der Waals surface area contributed by atoms with Crippen LogP contribution in [0.4, 0.5) is 0 Å². The number of hydrogen-bond acceptors (Lipinski definition) is 6. The molecule has 6 nitrogen and oxygen atoms in total. The Balaban J connectivity index is 2.21. The average molecular weight is 324 g/mol. The van der Waals surface area contributed by atoms with E-state index in [0.29, 0.717) is 6.42 Å². The first kappa shape index (κ1) is 17.9. The number of carbonyl (C=O) groups is 1. The Hall–Kier alpha value is -1.47. The topological polar surface area (TPSA) is 63.2 Å². The third-order valence-electron chi connectivity index (χ3n) is 3.69. The van der Waals surface area contributed by atoms with Gasteiger partial charge in [-0.15, -0.1) is 0 Å². The Labute approximate surface area is 136 Å². The van der Waals surface area contributed by atoms with Crippen molar-refractivity contribution in [1.82, 2.24) is 0 Å². The number of benzene rings is 1. The molecule has 0 saturated carbocycles. The molecule has 1 saturated heterocycles. The molecule has 1 aromatic rings. The highest BCUT2D eigenvalue weighted by molar-refractivity contribution is 5.70. The van der Waals surface area contributed by atoms with Gasteiger partial charge >= 0.3 is 5.97 Å². The SMILES string of the molecule is COCO[C@@H]([C@H](OCOC)c1ccccc1)[C@H]1CCCC(=O)O1. The molecule has 23 heavy (non-hydrogen) atoms. The lowest BCUT2D eigenvalue weighted by atomic mass is 9.95. The predicted molar refractivity (Wildman–Crippen MR) is 82.6 cm³/mol. The Morgan fingerprint density at radius 2 is 1.83 bits per heavy atom. The molecular weight excluding hydrogens is 300 g/mol. The van der Waals surface area contributed by atoms with Gasteiger partial charge in [0, 0.05) is 20.6 Å². The Morgan fingerprint density at radius 1 is 1.13 bits per heavy atom. The van der Waals surface area contributed by atoms with Crippen molar-refractivity contribution in [2.24, 2.45) is 0 Å². The molecule has 1 heterocycles. The van der Waals surface area contributed by atoms with Crippen molar-refractivity contribution in [2.45, 2.75) is 37.6 Å². The molecule has 0 radical (unpaired) electrons. The summed E-state index contributed by atoms with van der Waals surface area (Å²) in [4.78, 5) is 11.7. The summed E-state index contributed by atoms with van der Waals surface area (Å²) in [6.45, 7) is 0.214. The summed E-state index contributed by atoms with van der Waals surface area (Å²) in [7, 11) is 3.12. The number of carbonyl (C=O) groups excluding carboxylic acids is 1. The lowest BCUT2D eigenvalue weighted by Crippen LogP contribution is -2.41. The van der Waals surface area contributed by atoms with Crippen LogP contribution in [0.25, 0.3) is 0 Å². The monoisotopic (exact) mass is 324 g/mol. The standard InChI is InChI=1S/C17H24O6/c1-19-11-21-16(13-7-4-3-5-8-13)17(22-12-20-2)14-9-6-10-15(18)23-14/h3-5,7-8,14,16-17H,6,9-12H2,1-2H3/t14-,16-,17-/m1/s1. The smallest absolute Gasteiger partial charge is 0.306 e. The lowest BCUT2D eigenvalue weighted by molar-refractivity contribution is -0.205. The maximum Gasteiger partial charge on any atom is 0.306 e. The van der Waals surface area contributed by atoms with Gasteiger partial charge in [-0.25, -0.2) is 0 Å². The summed E-state index contributed by atoms with van der Waals surface area (Å²) < 4.78 is 27.2. The first-order chi connectivity index (χ1) is 11.3. The Morgan fingerprint density at radius 3 is 2.48 bits per heavy atom. The van der Waals surface area contributed by atoms with Crippen LogP contribution < -0.4 is 0 Å². The van der Waals surface area contributed by atoms with Gasteiger partial charge in [-0.1, -0.05) is 30.3 Å². The average Bonchev–Trinajstić information content (AvgIpc) is 2.58. The normalized spacial score (nSPS) is 20.8. The van der Waals surface area contributed by atoms with E-state index in [-0.39, 0.29) is 25.7 Å². The van der Waals surface area contributed by atoms with E-state index in [2.05, 4.69) is 0 Å². The largest absolute Gasteiger partial charge is 0.459 e. The van der Waals surface area contributed by atoms with Crippen LogP contribution in [0.5, 0.6) is 0 Å². The third-order valence-corrected chi connectivity index (χ3v) is 3.69. The quantitative estimate of drug-likeness (QED) is 0.513. The zero-order valence-electron chi connectivity index (χ0n) is 13.6. The van der Waals surface area contributed by atoms with Gasteiger partial charge < -0.3 is 23.7 Å². The van der Waals surface area contributed by atoms with Crippen LogP contribution in [-0.4, -0.2) is 46.0 Å². The van der Waals surface area contributed by atoms with Crippen molar-refractivity contribution in [3.05, 3.63) is 35.9 Å². The summed E-state index contributed by atoms with van der Waals surface area (Å²) in [5.74, 6) is -0.203. The highest BCUT2D eigenvalue weighted by Gasteiger charge is 2.36. The minimum absolute atomic E-state index is 0.0956. The van der Waals surface area contributed by atoms with Gasteiger partial charge in [-0.3, -0.25) is 4.79 Å². The van der Waals surface area contributed by atoms with Crippen molar-refractivity contribution in [2.75, 3.05) is 27.8 Å². The molecule has 0 bridgehead atoms. The number of methoxy groups -OCH3 is 2. The van der Waals surface area contributed by atoms with Crippen molar-refractivity contribution in [3.63, 3.8) is 0 Å². The molecule has 128 valence electrons. The van der Waals surface area contributed by atoms with Crippen LogP contribution >= 0.6 is 0 Å². The number of ether oxygens (including phenoxy) is 5. The van der Waals surface area contributed by atoms with Gasteiger partial charge in [0.25, 0.3) is 0 Å². The van der Waals surface area contributed by atoms with Crippen LogP contribution in [0.15, 0.2) is 30.3 Å². The first-order valence-electron chi connectivity index (χ1n) is 7.71. The van der Waals surface area contributed by atoms with Gasteiger partial charge in [0.05, 0.1) is 0 Å². The summed E-state index contributed by atoms with van der Waals surface area (Å²) in [5, 5.41) is 0. The van der Waals surface area contributed by atoms with Crippen molar-refractivity contribution >= 4 is 5.97 Å². The van der Waals surface area contributed by atoms with Gasteiger partial charge in [0.15, 0.2) is 0 Å². The second-order valence-corrected chi connectivity index (χ2v) is 5.36. The van der Waals surface area contributed by atoms with E-state index in [1.165, 1.54) is 0 Å². The zero-order chi connectivity index (χ0) is 16.5. The minimum Gasteiger partial charge on any atom is -0.459 e. The van der Waals surface area contributed by atoms with Gasteiger partial charge in [-0.2, -0.15) is 0 Å². The molecule has 2 rings (SSSR count). The molecule has 6 heteroatoms. The molecule has 0 aromatic heterocycles. The zero-order valence-corrected chi connectivity index (χ0v) is 13.6. The number of cyclic esters (lactones) is 1. The van der Waals surface area contributed by atoms with E-state index in [0.717, 1.165) is 18.4 Å². The number of rotatable bonds is 9. The second-order valence-electron chi connectivity index (χ2n) is 5.36. The van der Waals surface area contributed by atoms with Crippen LogP contribution in [-0.2, 0) is 28.5 Å². The maximum absolute atomic E-state index is 11.7. The van der Waals surface area contributed by atoms with E-state index in [4.69, 9.17) is 23.7 Å². The Kier molecular flexibility index (Phi) is 7.48. The summed E-state index contributed by atoms with van der Waals surface area (Å²) in [6.07, 6.45) is 0.720. The molecule has 3 atom stereocenters. The van der Waals surface area contributed by atoms with Crippen molar-refractivity contribution < 1.29 is 28.5 Å². The minimum atomic E-state index is -0.461. The summed E-state index contributed by atoms with van der Waals surface area (Å²) in [6, 6.07) is 9.70.